The van der Waals surface area contributed by atoms with Crippen molar-refractivity contribution in [3.05, 3.63) is 40.6 Å². The highest BCUT2D eigenvalue weighted by Crippen LogP contribution is 2.19. The fourth-order valence-corrected chi connectivity index (χ4v) is 2.81. The van der Waals surface area contributed by atoms with E-state index in [-0.39, 0.29) is 17.4 Å². The number of rotatable bonds is 5. The number of halogens is 1. The Morgan fingerprint density at radius 3 is 3.17 bits per heavy atom. The van der Waals surface area contributed by atoms with Crippen LogP contribution in [0.2, 0.25) is 5.15 Å². The highest BCUT2D eigenvalue weighted by molar-refractivity contribution is 6.29. The second-order valence-electron chi connectivity index (χ2n) is 5.68. The van der Waals surface area contributed by atoms with E-state index in [1.54, 1.807) is 0 Å². The lowest BCUT2D eigenvalue weighted by atomic mass is 10.1. The maximum Gasteiger partial charge on any atom is 0.270 e. The summed E-state index contributed by atoms with van der Waals surface area (Å²) in [5.74, 6) is 1.19. The minimum Gasteiger partial charge on any atom is -0.446 e. The summed E-state index contributed by atoms with van der Waals surface area (Å²) in [6.07, 6.45) is 1.30. The Morgan fingerprint density at radius 1 is 1.54 bits per heavy atom. The number of fused-ring (bicyclic) bond motifs is 1. The summed E-state index contributed by atoms with van der Waals surface area (Å²) in [5.41, 5.74) is 1.09. The van der Waals surface area contributed by atoms with Crippen molar-refractivity contribution in [1.29, 1.82) is 0 Å². The number of hydrogen-bond acceptors (Lipinski definition) is 7. The molecular weight excluding hydrogens is 334 g/mol. The molecule has 2 aromatic heterocycles. The first-order valence-electron chi connectivity index (χ1n) is 7.62. The first kappa shape index (κ1) is 16.8. The molecule has 9 heteroatoms. The Kier molecular flexibility index (Phi) is 5.08. The third-order valence-corrected chi connectivity index (χ3v) is 3.95. The quantitative estimate of drug-likeness (QED) is 0.759. The van der Waals surface area contributed by atoms with Gasteiger partial charge < -0.3 is 14.8 Å². The van der Waals surface area contributed by atoms with Crippen LogP contribution in [-0.2, 0) is 13.0 Å². The van der Waals surface area contributed by atoms with Crippen LogP contribution in [0.1, 0.15) is 27.8 Å². The Balaban J connectivity index is 1.48. The van der Waals surface area contributed by atoms with E-state index in [0.717, 1.165) is 24.4 Å². The second-order valence-corrected chi connectivity index (χ2v) is 6.06. The molecule has 1 aliphatic heterocycles. The number of aliphatic hydroxyl groups excluding tert-OH is 1. The zero-order valence-corrected chi connectivity index (χ0v) is 14.0. The summed E-state index contributed by atoms with van der Waals surface area (Å²) in [5, 5.41) is 13.0. The highest BCUT2D eigenvalue weighted by Gasteiger charge is 2.23. The molecule has 8 nitrogen and oxygen atoms in total. The van der Waals surface area contributed by atoms with E-state index < -0.39 is 12.0 Å². The fraction of sp³-hybridized carbons (Fsp3) is 0.467. The Hall–Kier alpha value is -2.03. The zero-order valence-electron chi connectivity index (χ0n) is 13.2. The van der Waals surface area contributed by atoms with Crippen LogP contribution in [0.15, 0.2) is 16.8 Å². The van der Waals surface area contributed by atoms with Gasteiger partial charge in [0.1, 0.15) is 22.9 Å². The molecule has 1 unspecified atom stereocenters. The van der Waals surface area contributed by atoms with Crippen molar-refractivity contribution in [1.82, 2.24) is 25.2 Å². The topological polar surface area (TPSA) is 104 Å². The smallest absolute Gasteiger partial charge is 0.270 e. The van der Waals surface area contributed by atoms with E-state index >= 15 is 0 Å². The first-order valence-corrected chi connectivity index (χ1v) is 8.00. The molecule has 0 aliphatic carbocycles. The van der Waals surface area contributed by atoms with Crippen LogP contribution < -0.4 is 5.32 Å². The van der Waals surface area contributed by atoms with Gasteiger partial charge in [0.2, 0.25) is 0 Å². The third-order valence-electron chi connectivity index (χ3n) is 3.75. The standard InChI is InChI=1S/C15H18ClN5O3/c1-9-20-12-7-21(3-2-13(12)24-9)6-10(22)5-17-15(23)11-4-14(16)19-8-18-11/h4,8,10,22H,2-3,5-7H2,1H3,(H,17,23). The molecule has 1 aliphatic rings. The number of carbonyl (C=O) groups excluding carboxylic acids is 1. The molecular formula is C15H18ClN5O3. The van der Waals surface area contributed by atoms with Gasteiger partial charge in [-0.15, -0.1) is 0 Å². The number of nitrogens with zero attached hydrogens (tertiary/aromatic N) is 4. The minimum absolute atomic E-state index is 0.127. The lowest BCUT2D eigenvalue weighted by Crippen LogP contribution is -2.42. The Morgan fingerprint density at radius 2 is 2.38 bits per heavy atom. The molecule has 0 radical (unpaired) electrons. The summed E-state index contributed by atoms with van der Waals surface area (Å²) in [6.45, 7) is 3.82. The second kappa shape index (κ2) is 7.25. The molecule has 128 valence electrons. The molecule has 0 saturated heterocycles. The summed E-state index contributed by atoms with van der Waals surface area (Å²) in [6, 6.07) is 1.38. The van der Waals surface area contributed by atoms with Gasteiger partial charge in [-0.05, 0) is 0 Å². The van der Waals surface area contributed by atoms with Gasteiger partial charge in [-0.25, -0.2) is 15.0 Å². The number of β-amino-alcohol motifs (C(OH)–C–C–N with tert-alkyl or cyclic N) is 1. The molecule has 0 saturated carbocycles. The van der Waals surface area contributed by atoms with Crippen LogP contribution in [0, 0.1) is 6.92 Å². The molecule has 3 heterocycles. The van der Waals surface area contributed by atoms with Crippen LogP contribution in [0.3, 0.4) is 0 Å². The average molecular weight is 352 g/mol. The van der Waals surface area contributed by atoms with E-state index in [1.807, 2.05) is 6.92 Å². The van der Waals surface area contributed by atoms with E-state index in [4.69, 9.17) is 16.0 Å². The average Bonchev–Trinajstić information content (AvgIpc) is 2.92. The van der Waals surface area contributed by atoms with Gasteiger partial charge in [-0.1, -0.05) is 11.6 Å². The van der Waals surface area contributed by atoms with E-state index in [1.165, 1.54) is 12.4 Å². The number of aliphatic hydroxyl groups is 1. The molecule has 0 fully saturated rings. The Bertz CT molecular complexity index is 736. The predicted octanol–water partition coefficient (Wildman–Crippen LogP) is 0.575. The van der Waals surface area contributed by atoms with Gasteiger partial charge in [0, 0.05) is 45.6 Å². The molecule has 0 aromatic carbocycles. The lowest BCUT2D eigenvalue weighted by Gasteiger charge is -2.27. The third kappa shape index (κ3) is 4.08. The number of amides is 1. The van der Waals surface area contributed by atoms with E-state index in [0.29, 0.717) is 19.0 Å². The normalized spacial score (nSPS) is 15.8. The van der Waals surface area contributed by atoms with Crippen molar-refractivity contribution in [3.8, 4) is 0 Å². The number of aryl methyl sites for hydroxylation is 1. The maximum atomic E-state index is 12.0. The van der Waals surface area contributed by atoms with E-state index in [9.17, 15) is 9.90 Å². The van der Waals surface area contributed by atoms with Crippen LogP contribution in [0.4, 0.5) is 0 Å². The van der Waals surface area contributed by atoms with Gasteiger partial charge in [0.15, 0.2) is 5.89 Å². The Labute approximate surface area is 143 Å². The number of hydrogen-bond donors (Lipinski definition) is 2. The van der Waals surface area contributed by atoms with Crippen LogP contribution in [-0.4, -0.2) is 56.6 Å². The largest absolute Gasteiger partial charge is 0.446 e. The van der Waals surface area contributed by atoms with Crippen LogP contribution in [0.5, 0.6) is 0 Å². The summed E-state index contributed by atoms with van der Waals surface area (Å²) < 4.78 is 5.52. The number of nitrogens with one attached hydrogen (secondary N) is 1. The zero-order chi connectivity index (χ0) is 17.1. The SMILES string of the molecule is Cc1nc2c(o1)CCN(CC(O)CNC(=O)c1cc(Cl)ncn1)C2. The van der Waals surface area contributed by atoms with Gasteiger partial charge in [-0.2, -0.15) is 0 Å². The molecule has 1 atom stereocenters. The highest BCUT2D eigenvalue weighted by atomic mass is 35.5. The molecule has 2 N–H and O–H groups in total. The first-order chi connectivity index (χ1) is 11.5. The summed E-state index contributed by atoms with van der Waals surface area (Å²) in [7, 11) is 0. The molecule has 1 amide bonds. The predicted molar refractivity (Wildman–Crippen MR) is 85.6 cm³/mol. The number of aromatic nitrogens is 3. The molecule has 0 bridgehead atoms. The van der Waals surface area contributed by atoms with Crippen molar-refractivity contribution in [2.45, 2.75) is 26.0 Å². The fourth-order valence-electron chi connectivity index (χ4n) is 2.66. The van der Waals surface area contributed by atoms with Crippen LogP contribution >= 0.6 is 11.6 Å². The van der Waals surface area contributed by atoms with Crippen molar-refractivity contribution in [2.24, 2.45) is 0 Å². The van der Waals surface area contributed by atoms with E-state index in [2.05, 4.69) is 25.2 Å². The summed E-state index contributed by atoms with van der Waals surface area (Å²) >= 11 is 5.72. The molecule has 2 aromatic rings. The van der Waals surface area contributed by atoms with Crippen molar-refractivity contribution >= 4 is 17.5 Å². The molecule has 0 spiro atoms. The molecule has 24 heavy (non-hydrogen) atoms. The van der Waals surface area contributed by atoms with Crippen molar-refractivity contribution in [2.75, 3.05) is 19.6 Å². The molecule has 3 rings (SSSR count). The summed E-state index contributed by atoms with van der Waals surface area (Å²) in [4.78, 5) is 25.9. The minimum atomic E-state index is -0.694. The maximum absolute atomic E-state index is 12.0. The number of oxazole rings is 1. The lowest BCUT2D eigenvalue weighted by molar-refractivity contribution is 0.0831. The van der Waals surface area contributed by atoms with Gasteiger partial charge >= 0.3 is 0 Å². The monoisotopic (exact) mass is 351 g/mol. The van der Waals surface area contributed by atoms with Crippen LogP contribution in [0.25, 0.3) is 0 Å². The van der Waals surface area contributed by atoms with Crippen molar-refractivity contribution in [3.63, 3.8) is 0 Å². The van der Waals surface area contributed by atoms with Gasteiger partial charge in [-0.3, -0.25) is 9.69 Å². The van der Waals surface area contributed by atoms with Crippen molar-refractivity contribution < 1.29 is 14.3 Å². The van der Waals surface area contributed by atoms with Gasteiger partial charge in [0.05, 0.1) is 11.8 Å². The van der Waals surface area contributed by atoms with Gasteiger partial charge in [0.25, 0.3) is 5.91 Å². The number of carbonyl (C=O) groups is 1.